The third kappa shape index (κ3) is 2.41. The van der Waals surface area contributed by atoms with E-state index in [9.17, 15) is 4.79 Å². The molecule has 5 heteroatoms. The highest BCUT2D eigenvalue weighted by Gasteiger charge is 2.16. The van der Waals surface area contributed by atoms with Crippen molar-refractivity contribution in [3.63, 3.8) is 0 Å². The molecule has 0 bridgehead atoms. The number of hydrogen-bond donors (Lipinski definition) is 1. The van der Waals surface area contributed by atoms with Crippen molar-refractivity contribution in [3.8, 4) is 11.5 Å². The maximum atomic E-state index is 11.1. The Hall–Kier alpha value is -1.23. The van der Waals surface area contributed by atoms with Crippen LogP contribution in [0.3, 0.4) is 0 Å². The standard InChI is InChI=1S/C10H12BrNO3/c1-3-15-7-5-4-6(10(12)13)9(14-2)8(7)11/h4-5H,3H2,1-2H3,(H2,12,13). The highest BCUT2D eigenvalue weighted by Crippen LogP contribution is 2.37. The van der Waals surface area contributed by atoms with Crippen molar-refractivity contribution >= 4 is 21.8 Å². The van der Waals surface area contributed by atoms with Crippen LogP contribution in [0.1, 0.15) is 17.3 Å². The molecule has 0 aromatic heterocycles. The van der Waals surface area contributed by atoms with E-state index in [4.69, 9.17) is 15.2 Å². The largest absolute Gasteiger partial charge is 0.495 e. The Morgan fingerprint density at radius 2 is 2.20 bits per heavy atom. The van der Waals surface area contributed by atoms with E-state index in [1.54, 1.807) is 12.1 Å². The Balaban J connectivity index is 3.26. The summed E-state index contributed by atoms with van der Waals surface area (Å²) < 4.78 is 11.0. The van der Waals surface area contributed by atoms with E-state index in [0.717, 1.165) is 0 Å². The molecule has 1 rings (SSSR count). The van der Waals surface area contributed by atoms with Crippen LogP contribution in [0.15, 0.2) is 16.6 Å². The van der Waals surface area contributed by atoms with E-state index in [-0.39, 0.29) is 0 Å². The topological polar surface area (TPSA) is 61.5 Å². The Bertz CT molecular complexity index is 379. The molecule has 0 saturated heterocycles. The average molecular weight is 274 g/mol. The SMILES string of the molecule is CCOc1ccc(C(N)=O)c(OC)c1Br. The highest BCUT2D eigenvalue weighted by molar-refractivity contribution is 9.10. The molecule has 1 amide bonds. The van der Waals surface area contributed by atoms with Crippen LogP contribution in [0.5, 0.6) is 11.5 Å². The summed E-state index contributed by atoms with van der Waals surface area (Å²) in [5.41, 5.74) is 5.53. The maximum Gasteiger partial charge on any atom is 0.252 e. The summed E-state index contributed by atoms with van der Waals surface area (Å²) in [5.74, 6) is 0.489. The molecule has 0 aliphatic rings. The number of carbonyl (C=O) groups is 1. The van der Waals surface area contributed by atoms with Crippen LogP contribution in [0.2, 0.25) is 0 Å². The molecule has 2 N–H and O–H groups in total. The first-order chi connectivity index (χ1) is 7.11. The van der Waals surface area contributed by atoms with E-state index in [1.807, 2.05) is 6.92 Å². The fourth-order valence-corrected chi connectivity index (χ4v) is 1.82. The zero-order valence-corrected chi connectivity index (χ0v) is 10.1. The first-order valence-electron chi connectivity index (χ1n) is 4.40. The number of primary amides is 1. The van der Waals surface area contributed by atoms with Crippen molar-refractivity contribution in [2.45, 2.75) is 6.92 Å². The summed E-state index contributed by atoms with van der Waals surface area (Å²) in [7, 11) is 1.47. The van der Waals surface area contributed by atoms with Gasteiger partial charge in [-0.3, -0.25) is 4.79 Å². The minimum Gasteiger partial charge on any atom is -0.495 e. The van der Waals surface area contributed by atoms with Gasteiger partial charge in [-0.05, 0) is 35.0 Å². The second kappa shape index (κ2) is 5.02. The lowest BCUT2D eigenvalue weighted by Gasteiger charge is -2.12. The number of halogens is 1. The van der Waals surface area contributed by atoms with Gasteiger partial charge in [0.2, 0.25) is 0 Å². The van der Waals surface area contributed by atoms with Gasteiger partial charge < -0.3 is 15.2 Å². The molecule has 4 nitrogen and oxygen atoms in total. The number of methoxy groups -OCH3 is 1. The fraction of sp³-hybridized carbons (Fsp3) is 0.300. The van der Waals surface area contributed by atoms with Crippen LogP contribution in [0.4, 0.5) is 0 Å². The summed E-state index contributed by atoms with van der Waals surface area (Å²) in [6.07, 6.45) is 0. The number of ether oxygens (including phenoxy) is 2. The van der Waals surface area contributed by atoms with Crippen LogP contribution in [0.25, 0.3) is 0 Å². The van der Waals surface area contributed by atoms with Crippen molar-refractivity contribution in [2.24, 2.45) is 5.73 Å². The van der Waals surface area contributed by atoms with E-state index in [1.165, 1.54) is 7.11 Å². The predicted molar refractivity (Wildman–Crippen MR) is 60.4 cm³/mol. The second-order valence-corrected chi connectivity index (χ2v) is 3.55. The van der Waals surface area contributed by atoms with E-state index in [0.29, 0.717) is 28.1 Å². The maximum absolute atomic E-state index is 11.1. The molecule has 82 valence electrons. The lowest BCUT2D eigenvalue weighted by Crippen LogP contribution is -2.13. The fourth-order valence-electron chi connectivity index (χ4n) is 1.20. The van der Waals surface area contributed by atoms with Gasteiger partial charge in [-0.15, -0.1) is 0 Å². The number of hydrogen-bond acceptors (Lipinski definition) is 3. The summed E-state index contributed by atoms with van der Waals surface area (Å²) >= 11 is 3.30. The van der Waals surface area contributed by atoms with Gasteiger partial charge in [-0.2, -0.15) is 0 Å². The van der Waals surface area contributed by atoms with Crippen molar-refractivity contribution in [1.82, 2.24) is 0 Å². The minimum atomic E-state index is -0.532. The predicted octanol–water partition coefficient (Wildman–Crippen LogP) is 1.96. The Kier molecular flexibility index (Phi) is 3.96. The van der Waals surface area contributed by atoms with Crippen LogP contribution in [-0.4, -0.2) is 19.6 Å². The Morgan fingerprint density at radius 3 is 2.67 bits per heavy atom. The molecule has 0 fully saturated rings. The monoisotopic (exact) mass is 273 g/mol. The van der Waals surface area contributed by atoms with Gasteiger partial charge in [0.15, 0.2) is 0 Å². The summed E-state index contributed by atoms with van der Waals surface area (Å²) in [4.78, 5) is 11.1. The second-order valence-electron chi connectivity index (χ2n) is 2.76. The zero-order valence-electron chi connectivity index (χ0n) is 8.54. The molecule has 0 atom stereocenters. The molecule has 0 spiro atoms. The molecule has 0 saturated carbocycles. The van der Waals surface area contributed by atoms with Crippen molar-refractivity contribution in [2.75, 3.05) is 13.7 Å². The van der Waals surface area contributed by atoms with E-state index in [2.05, 4.69) is 15.9 Å². The van der Waals surface area contributed by atoms with Crippen LogP contribution < -0.4 is 15.2 Å². The summed E-state index contributed by atoms with van der Waals surface area (Å²) in [5, 5.41) is 0. The number of amides is 1. The summed E-state index contributed by atoms with van der Waals surface area (Å²) in [6.45, 7) is 2.42. The molecule has 0 aliphatic carbocycles. The molecule has 0 heterocycles. The lowest BCUT2D eigenvalue weighted by atomic mass is 10.2. The lowest BCUT2D eigenvalue weighted by molar-refractivity contribution is 0.0997. The number of benzene rings is 1. The van der Waals surface area contributed by atoms with Crippen molar-refractivity contribution in [1.29, 1.82) is 0 Å². The van der Waals surface area contributed by atoms with Gasteiger partial charge in [-0.1, -0.05) is 0 Å². The third-order valence-corrected chi connectivity index (χ3v) is 2.58. The van der Waals surface area contributed by atoms with Crippen LogP contribution in [0, 0.1) is 0 Å². The molecular formula is C10H12BrNO3. The smallest absolute Gasteiger partial charge is 0.252 e. The quantitative estimate of drug-likeness (QED) is 0.912. The third-order valence-electron chi connectivity index (χ3n) is 1.83. The zero-order chi connectivity index (χ0) is 11.4. The van der Waals surface area contributed by atoms with Gasteiger partial charge >= 0.3 is 0 Å². The van der Waals surface area contributed by atoms with Gasteiger partial charge in [0.1, 0.15) is 16.0 Å². The van der Waals surface area contributed by atoms with Gasteiger partial charge in [0.05, 0.1) is 19.3 Å². The first-order valence-corrected chi connectivity index (χ1v) is 5.20. The highest BCUT2D eigenvalue weighted by atomic mass is 79.9. The molecule has 15 heavy (non-hydrogen) atoms. The first kappa shape index (κ1) is 11.8. The summed E-state index contributed by atoms with van der Waals surface area (Å²) in [6, 6.07) is 3.26. The molecule has 0 aliphatic heterocycles. The molecule has 0 radical (unpaired) electrons. The average Bonchev–Trinajstić information content (AvgIpc) is 2.20. The number of nitrogens with two attached hydrogens (primary N) is 1. The molecule has 1 aromatic rings. The minimum absolute atomic E-state index is 0.327. The van der Waals surface area contributed by atoms with Crippen LogP contribution in [-0.2, 0) is 0 Å². The molecule has 0 unspecified atom stereocenters. The van der Waals surface area contributed by atoms with Crippen molar-refractivity contribution in [3.05, 3.63) is 22.2 Å². The number of rotatable bonds is 4. The van der Waals surface area contributed by atoms with Gasteiger partial charge in [0, 0.05) is 0 Å². The van der Waals surface area contributed by atoms with Crippen LogP contribution >= 0.6 is 15.9 Å². The Morgan fingerprint density at radius 1 is 1.53 bits per heavy atom. The number of carbonyl (C=O) groups excluding carboxylic acids is 1. The Labute approximate surface area is 96.5 Å². The molecular weight excluding hydrogens is 262 g/mol. The van der Waals surface area contributed by atoms with E-state index < -0.39 is 5.91 Å². The molecule has 1 aromatic carbocycles. The van der Waals surface area contributed by atoms with Gasteiger partial charge in [-0.25, -0.2) is 0 Å². The van der Waals surface area contributed by atoms with Gasteiger partial charge in [0.25, 0.3) is 5.91 Å². The normalized spacial score (nSPS) is 9.80. The van der Waals surface area contributed by atoms with E-state index >= 15 is 0 Å². The van der Waals surface area contributed by atoms with Crippen molar-refractivity contribution < 1.29 is 14.3 Å².